The second-order valence-corrected chi connectivity index (χ2v) is 11.3. The fourth-order valence-corrected chi connectivity index (χ4v) is 6.25. The summed E-state index contributed by atoms with van der Waals surface area (Å²) in [4.78, 5) is 0. The summed E-state index contributed by atoms with van der Waals surface area (Å²) in [5.74, 6) is 0.242. The molecule has 0 N–H and O–H groups in total. The molecule has 194 valence electrons. The predicted octanol–water partition coefficient (Wildman–Crippen LogP) is 10.8. The molecule has 0 radical (unpaired) electrons. The molecule has 0 aliphatic heterocycles. The Morgan fingerprint density at radius 2 is 1.36 bits per heavy atom. The maximum atomic E-state index is 13.6. The number of halogens is 5. The van der Waals surface area contributed by atoms with Crippen LogP contribution in [0, 0.1) is 20.8 Å². The summed E-state index contributed by atoms with van der Waals surface area (Å²) in [6, 6.07) is 12.4. The number of benzene rings is 3. The van der Waals surface area contributed by atoms with E-state index >= 15 is 0 Å². The zero-order valence-electron chi connectivity index (χ0n) is 22.1. The van der Waals surface area contributed by atoms with Crippen molar-refractivity contribution in [1.29, 1.82) is 0 Å². The van der Waals surface area contributed by atoms with E-state index in [4.69, 9.17) is 23.2 Å². The van der Waals surface area contributed by atoms with E-state index in [1.165, 1.54) is 34.4 Å². The third-order valence-corrected chi connectivity index (χ3v) is 7.97. The van der Waals surface area contributed by atoms with Gasteiger partial charge >= 0.3 is 6.18 Å². The van der Waals surface area contributed by atoms with Gasteiger partial charge in [0.1, 0.15) is 0 Å². The Hall–Kier alpha value is -1.97. The summed E-state index contributed by atoms with van der Waals surface area (Å²) in [5.41, 5.74) is 7.87. The summed E-state index contributed by atoms with van der Waals surface area (Å²) in [5, 5.41) is 0.792. The van der Waals surface area contributed by atoms with Crippen molar-refractivity contribution < 1.29 is 13.2 Å². The molecular weight excluding hydrogens is 500 g/mol. The molecule has 0 bridgehead atoms. The summed E-state index contributed by atoms with van der Waals surface area (Å²) >= 11 is 13.0. The van der Waals surface area contributed by atoms with Crippen molar-refractivity contribution in [1.82, 2.24) is 0 Å². The van der Waals surface area contributed by atoms with E-state index in [-0.39, 0.29) is 16.5 Å². The van der Waals surface area contributed by atoms with Gasteiger partial charge in [-0.05, 0) is 114 Å². The summed E-state index contributed by atoms with van der Waals surface area (Å²) < 4.78 is 40.9. The van der Waals surface area contributed by atoms with Crippen molar-refractivity contribution in [3.63, 3.8) is 0 Å². The lowest BCUT2D eigenvalue weighted by Crippen LogP contribution is -2.13. The van der Waals surface area contributed by atoms with Gasteiger partial charge in [0.25, 0.3) is 0 Å². The van der Waals surface area contributed by atoms with Gasteiger partial charge < -0.3 is 0 Å². The first kappa shape index (κ1) is 28.6. The quantitative estimate of drug-likeness (QED) is 0.282. The Labute approximate surface area is 223 Å². The maximum absolute atomic E-state index is 13.6. The fourth-order valence-electron chi connectivity index (χ4n) is 5.52. The van der Waals surface area contributed by atoms with Gasteiger partial charge in [0, 0.05) is 10.0 Å². The van der Waals surface area contributed by atoms with Crippen molar-refractivity contribution in [3.05, 3.63) is 103 Å². The van der Waals surface area contributed by atoms with Crippen LogP contribution in [-0.2, 0) is 19.0 Å². The zero-order valence-corrected chi connectivity index (χ0v) is 23.6. The molecule has 0 nitrogen and oxygen atoms in total. The van der Waals surface area contributed by atoms with E-state index in [0.717, 1.165) is 29.2 Å². The van der Waals surface area contributed by atoms with Crippen LogP contribution in [-0.4, -0.2) is 0 Å². The second-order valence-electron chi connectivity index (χ2n) is 10.4. The lowest BCUT2D eigenvalue weighted by molar-refractivity contribution is -0.138. The summed E-state index contributed by atoms with van der Waals surface area (Å²) in [6.07, 6.45) is -3.17. The lowest BCUT2D eigenvalue weighted by Gasteiger charge is -2.23. The molecule has 0 aromatic heterocycles. The minimum atomic E-state index is -4.45. The monoisotopic (exact) mass is 534 g/mol. The van der Waals surface area contributed by atoms with Crippen LogP contribution in [0.15, 0.2) is 42.5 Å². The molecule has 0 aliphatic carbocycles. The first-order valence-electron chi connectivity index (χ1n) is 12.5. The van der Waals surface area contributed by atoms with Crippen LogP contribution < -0.4 is 0 Å². The largest absolute Gasteiger partial charge is 0.416 e. The van der Waals surface area contributed by atoms with Gasteiger partial charge in [-0.1, -0.05) is 75.2 Å². The molecule has 2 unspecified atom stereocenters. The van der Waals surface area contributed by atoms with E-state index in [1.807, 2.05) is 13.0 Å². The number of hydrogen-bond donors (Lipinski definition) is 0. The van der Waals surface area contributed by atoms with Crippen LogP contribution in [0.4, 0.5) is 13.2 Å². The Morgan fingerprint density at radius 3 is 1.97 bits per heavy atom. The summed E-state index contributed by atoms with van der Waals surface area (Å²) in [7, 11) is 0. The third-order valence-electron chi connectivity index (χ3n) is 7.31. The first-order chi connectivity index (χ1) is 16.7. The molecule has 3 aromatic carbocycles. The molecular formula is C31H35Cl2F3. The minimum absolute atomic E-state index is 0.135. The van der Waals surface area contributed by atoms with Crippen LogP contribution >= 0.6 is 23.2 Å². The minimum Gasteiger partial charge on any atom is -0.166 e. The van der Waals surface area contributed by atoms with Crippen LogP contribution in [0.3, 0.4) is 0 Å². The Bertz CT molecular complexity index is 1240. The molecule has 3 rings (SSSR count). The Balaban J connectivity index is 1.88. The topological polar surface area (TPSA) is 0 Å². The first-order valence-corrected chi connectivity index (χ1v) is 13.2. The SMILES string of the molecule is Cc1cc(C(C)Cc2ccc(C)c(C(C)C)c2C)c(Cl)cc1CC(C)c1c(Cl)cccc1C(F)(F)F. The molecule has 36 heavy (non-hydrogen) atoms. The summed E-state index contributed by atoms with van der Waals surface area (Å²) in [6.45, 7) is 14.8. The van der Waals surface area contributed by atoms with Crippen molar-refractivity contribution in [3.8, 4) is 0 Å². The highest BCUT2D eigenvalue weighted by Crippen LogP contribution is 2.41. The Kier molecular flexibility index (Phi) is 8.89. The number of aryl methyl sites for hydroxylation is 2. The van der Waals surface area contributed by atoms with Gasteiger partial charge in [-0.3, -0.25) is 0 Å². The van der Waals surface area contributed by atoms with Crippen LogP contribution in [0.1, 0.15) is 95.5 Å². The normalized spacial score (nSPS) is 13.8. The average Bonchev–Trinajstić information content (AvgIpc) is 2.76. The number of hydrogen-bond acceptors (Lipinski definition) is 0. The fraction of sp³-hybridized carbons (Fsp3) is 0.419. The van der Waals surface area contributed by atoms with E-state index in [0.29, 0.717) is 17.4 Å². The highest BCUT2D eigenvalue weighted by Gasteiger charge is 2.35. The molecule has 0 spiro atoms. The van der Waals surface area contributed by atoms with Gasteiger partial charge in [0.05, 0.1) is 5.56 Å². The average molecular weight is 536 g/mol. The van der Waals surface area contributed by atoms with E-state index in [2.05, 4.69) is 52.8 Å². The van der Waals surface area contributed by atoms with Crippen LogP contribution in [0.5, 0.6) is 0 Å². The van der Waals surface area contributed by atoms with Gasteiger partial charge in [0.2, 0.25) is 0 Å². The molecule has 0 heterocycles. The van der Waals surface area contributed by atoms with Crippen molar-refractivity contribution in [2.45, 2.75) is 85.2 Å². The van der Waals surface area contributed by atoms with Crippen molar-refractivity contribution >= 4 is 23.2 Å². The van der Waals surface area contributed by atoms with Crippen molar-refractivity contribution in [2.75, 3.05) is 0 Å². The number of rotatable bonds is 7. The van der Waals surface area contributed by atoms with Gasteiger partial charge in [-0.2, -0.15) is 13.2 Å². The standard InChI is InChI=1S/C31H35Cl2F3/c1-17(2)29-18(3)11-12-23(22(29)7)13-20(5)25-15-19(4)24(16-28(25)33)14-21(6)30-26(31(34,35)36)9-8-10-27(30)32/h8-12,15-17,20-21H,13-14H2,1-7H3. The van der Waals surface area contributed by atoms with Crippen LogP contribution in [0.25, 0.3) is 0 Å². The smallest absolute Gasteiger partial charge is 0.166 e. The third kappa shape index (κ3) is 6.11. The number of alkyl halides is 3. The molecule has 0 aliphatic rings. The molecule has 3 aromatic rings. The highest BCUT2D eigenvalue weighted by molar-refractivity contribution is 6.32. The van der Waals surface area contributed by atoms with Gasteiger partial charge in [0.15, 0.2) is 0 Å². The van der Waals surface area contributed by atoms with E-state index in [9.17, 15) is 13.2 Å². The molecule has 0 saturated carbocycles. The second kappa shape index (κ2) is 11.2. The Morgan fingerprint density at radius 1 is 0.722 bits per heavy atom. The predicted molar refractivity (Wildman–Crippen MR) is 147 cm³/mol. The molecule has 0 fully saturated rings. The van der Waals surface area contributed by atoms with E-state index in [1.54, 1.807) is 6.92 Å². The molecule has 5 heteroatoms. The van der Waals surface area contributed by atoms with Gasteiger partial charge in [-0.25, -0.2) is 0 Å². The molecule has 0 amide bonds. The maximum Gasteiger partial charge on any atom is 0.416 e. The zero-order chi connectivity index (χ0) is 26.9. The van der Waals surface area contributed by atoms with Crippen molar-refractivity contribution in [2.24, 2.45) is 0 Å². The lowest BCUT2D eigenvalue weighted by atomic mass is 9.84. The van der Waals surface area contributed by atoms with E-state index < -0.39 is 17.7 Å². The molecule has 0 saturated heterocycles. The molecule has 2 atom stereocenters. The van der Waals surface area contributed by atoms with Crippen LogP contribution in [0.2, 0.25) is 10.0 Å². The highest BCUT2D eigenvalue weighted by atomic mass is 35.5. The van der Waals surface area contributed by atoms with Gasteiger partial charge in [-0.15, -0.1) is 0 Å².